The highest BCUT2D eigenvalue weighted by atomic mass is 16.8. The van der Waals surface area contributed by atoms with Crippen molar-refractivity contribution in [2.24, 2.45) is 0 Å². The molecule has 3 aliphatic heterocycles. The Morgan fingerprint density at radius 2 is 0.838 bits per heavy atom. The number of hydrogen-bond acceptors (Lipinski definition) is 18. The van der Waals surface area contributed by atoms with Crippen LogP contribution in [0, 0.1) is 0 Å². The van der Waals surface area contributed by atoms with E-state index in [-0.39, 0.29) is 18.9 Å². The quantitative estimate of drug-likeness (QED) is 0.0301. The van der Waals surface area contributed by atoms with Gasteiger partial charge in [0.15, 0.2) is 18.9 Å². The fourth-order valence-electron chi connectivity index (χ4n) is 10.0. The van der Waals surface area contributed by atoms with Crippen molar-refractivity contribution in [3.05, 3.63) is 12.2 Å². The Kier molecular flexibility index (Phi) is 35.9. The summed E-state index contributed by atoms with van der Waals surface area (Å²) in [5.41, 5.74) is 0. The number of nitrogens with one attached hydrogen (secondary N) is 1. The number of allylic oxidation sites excluding steroid dienone is 1. The molecule has 0 radical (unpaired) electrons. The second kappa shape index (κ2) is 39.8. The molecule has 436 valence electrons. The van der Waals surface area contributed by atoms with Gasteiger partial charge in [-0.25, -0.2) is 0 Å². The van der Waals surface area contributed by atoms with E-state index in [0.717, 1.165) is 44.9 Å². The number of rotatable bonds is 42. The number of aliphatic hydroxyl groups is 11. The summed E-state index contributed by atoms with van der Waals surface area (Å²) in [6, 6.07) is -0.965. The Labute approximate surface area is 442 Å². The number of carbonyl (C=O) groups is 1. The normalized spacial score (nSPS) is 31.5. The van der Waals surface area contributed by atoms with E-state index in [1.807, 2.05) is 6.08 Å². The van der Waals surface area contributed by atoms with E-state index in [9.17, 15) is 61.0 Å². The zero-order valence-corrected chi connectivity index (χ0v) is 45.1. The average Bonchev–Trinajstić information content (AvgIpc) is 3.40. The van der Waals surface area contributed by atoms with Crippen LogP contribution in [0.3, 0.4) is 0 Å². The van der Waals surface area contributed by atoms with Crippen LogP contribution in [0.2, 0.25) is 0 Å². The SMILES string of the molecule is CCCCCCCCCCCCCCCCC/C=C/C(O)C(COC1OC(CO)C(OC2OC(CO)C(OC3OC(CO)C(O)C(O)C3O)C(O)C2O)C(O)C1O)NC(=O)CCCCCCCCCCCCCC. The van der Waals surface area contributed by atoms with Gasteiger partial charge in [0, 0.05) is 6.42 Å². The summed E-state index contributed by atoms with van der Waals surface area (Å²) in [5.74, 6) is -0.275. The maximum atomic E-state index is 13.3. The second-order valence-electron chi connectivity index (χ2n) is 21.1. The van der Waals surface area contributed by atoms with E-state index < -0.39 is 124 Å². The minimum absolute atomic E-state index is 0.248. The summed E-state index contributed by atoms with van der Waals surface area (Å²) in [6.07, 6.45) is 10.5. The van der Waals surface area contributed by atoms with E-state index >= 15 is 0 Å². The second-order valence-corrected chi connectivity index (χ2v) is 21.1. The maximum Gasteiger partial charge on any atom is 0.220 e. The molecule has 3 saturated heterocycles. The summed E-state index contributed by atoms with van der Waals surface area (Å²) in [5, 5.41) is 120. The van der Waals surface area contributed by atoms with E-state index in [1.54, 1.807) is 6.08 Å². The maximum absolute atomic E-state index is 13.3. The Morgan fingerprint density at radius 1 is 0.473 bits per heavy atom. The van der Waals surface area contributed by atoms with Gasteiger partial charge in [-0.1, -0.05) is 187 Å². The fraction of sp³-hybridized carbons (Fsp3) is 0.945. The minimum Gasteiger partial charge on any atom is -0.394 e. The Hall–Kier alpha value is -1.47. The molecule has 19 heteroatoms. The topological polar surface area (TPSA) is 307 Å². The van der Waals surface area contributed by atoms with Gasteiger partial charge >= 0.3 is 0 Å². The zero-order valence-electron chi connectivity index (χ0n) is 45.1. The van der Waals surface area contributed by atoms with Crippen LogP contribution >= 0.6 is 0 Å². The first-order valence-electron chi connectivity index (χ1n) is 28.9. The molecule has 3 rings (SSSR count). The molecule has 0 aliphatic carbocycles. The molecule has 1 amide bonds. The number of carbonyl (C=O) groups excluding carboxylic acids is 1. The molecule has 74 heavy (non-hydrogen) atoms. The van der Waals surface area contributed by atoms with Gasteiger partial charge in [-0.3, -0.25) is 4.79 Å². The van der Waals surface area contributed by atoms with Crippen LogP contribution in [-0.2, 0) is 33.2 Å². The zero-order chi connectivity index (χ0) is 54.1. The van der Waals surface area contributed by atoms with Crippen LogP contribution in [0.15, 0.2) is 12.2 Å². The van der Waals surface area contributed by atoms with Crippen molar-refractivity contribution in [2.75, 3.05) is 26.4 Å². The lowest BCUT2D eigenvalue weighted by Crippen LogP contribution is -2.66. The van der Waals surface area contributed by atoms with Crippen molar-refractivity contribution in [3.8, 4) is 0 Å². The lowest BCUT2D eigenvalue weighted by atomic mass is 9.96. The summed E-state index contributed by atoms with van der Waals surface area (Å²) in [7, 11) is 0. The summed E-state index contributed by atoms with van der Waals surface area (Å²) < 4.78 is 34.2. The third-order valence-electron chi connectivity index (χ3n) is 14.8. The molecule has 19 nitrogen and oxygen atoms in total. The number of unbranched alkanes of at least 4 members (excludes halogenated alkanes) is 26. The molecule has 3 aliphatic rings. The highest BCUT2D eigenvalue weighted by Crippen LogP contribution is 2.33. The van der Waals surface area contributed by atoms with Crippen molar-refractivity contribution < 1.29 is 89.4 Å². The van der Waals surface area contributed by atoms with Gasteiger partial charge in [-0.15, -0.1) is 0 Å². The van der Waals surface area contributed by atoms with E-state index in [1.165, 1.54) is 128 Å². The molecule has 0 aromatic rings. The lowest BCUT2D eigenvalue weighted by molar-refractivity contribution is -0.379. The number of aliphatic hydroxyl groups excluding tert-OH is 11. The summed E-state index contributed by atoms with van der Waals surface area (Å²) >= 11 is 0. The lowest BCUT2D eigenvalue weighted by Gasteiger charge is -2.48. The Bertz CT molecular complexity index is 1410. The smallest absolute Gasteiger partial charge is 0.220 e. The van der Waals surface area contributed by atoms with Crippen LogP contribution in [0.1, 0.15) is 200 Å². The predicted octanol–water partition coefficient (Wildman–Crippen LogP) is 4.21. The van der Waals surface area contributed by atoms with Crippen LogP contribution < -0.4 is 5.32 Å². The van der Waals surface area contributed by atoms with Gasteiger partial charge in [0.1, 0.15) is 73.2 Å². The Morgan fingerprint density at radius 3 is 1.27 bits per heavy atom. The summed E-state index contributed by atoms with van der Waals surface area (Å²) in [4.78, 5) is 13.3. The van der Waals surface area contributed by atoms with Crippen LogP contribution in [-0.4, -0.2) is 193 Å². The monoisotopic (exact) mass is 1070 g/mol. The van der Waals surface area contributed by atoms with Crippen LogP contribution in [0.4, 0.5) is 0 Å². The van der Waals surface area contributed by atoms with Crippen molar-refractivity contribution >= 4 is 5.91 Å². The first-order chi connectivity index (χ1) is 35.8. The van der Waals surface area contributed by atoms with E-state index in [4.69, 9.17) is 28.4 Å². The van der Waals surface area contributed by atoms with Gasteiger partial charge in [-0.05, 0) is 19.3 Å². The van der Waals surface area contributed by atoms with Crippen molar-refractivity contribution in [1.29, 1.82) is 0 Å². The minimum atomic E-state index is -1.97. The van der Waals surface area contributed by atoms with Gasteiger partial charge in [0.2, 0.25) is 5.91 Å². The third kappa shape index (κ3) is 24.3. The summed E-state index contributed by atoms with van der Waals surface area (Å²) in [6.45, 7) is 1.71. The van der Waals surface area contributed by atoms with Crippen LogP contribution in [0.5, 0.6) is 0 Å². The number of ether oxygens (including phenoxy) is 6. The molecule has 0 saturated carbocycles. The van der Waals surface area contributed by atoms with E-state index in [2.05, 4.69) is 19.2 Å². The Balaban J connectivity index is 1.52. The molecule has 3 fully saturated rings. The molecule has 3 heterocycles. The average molecular weight is 1070 g/mol. The fourth-order valence-corrected chi connectivity index (χ4v) is 10.0. The standard InChI is InChI=1S/C55H103NO18/c1-3-5-7-9-11-13-15-17-18-19-20-21-22-24-26-28-30-32-39(60)38(56-43(61)33-31-29-27-25-23-16-14-12-10-8-6-4-2)37-69-53-49(67)46(64)51(41(35-58)71-53)74-55-50(68)47(65)52(42(36-59)72-55)73-54-48(66)45(63)44(62)40(34-57)70-54/h30,32,38-42,44-55,57-60,62-68H,3-29,31,33-37H2,1-2H3,(H,56,61)/b32-30+. The van der Waals surface area contributed by atoms with Crippen molar-refractivity contribution in [3.63, 3.8) is 0 Å². The third-order valence-corrected chi connectivity index (χ3v) is 14.8. The molecule has 0 aromatic carbocycles. The van der Waals surface area contributed by atoms with Crippen molar-refractivity contribution in [1.82, 2.24) is 5.32 Å². The molecule has 0 aromatic heterocycles. The van der Waals surface area contributed by atoms with E-state index in [0.29, 0.717) is 6.42 Å². The molecule has 0 bridgehead atoms. The molecule has 0 spiro atoms. The van der Waals surface area contributed by atoms with Crippen molar-refractivity contribution in [2.45, 2.75) is 304 Å². The predicted molar refractivity (Wildman–Crippen MR) is 277 cm³/mol. The first kappa shape index (κ1) is 66.8. The molecular formula is C55H103NO18. The molecule has 17 atom stereocenters. The largest absolute Gasteiger partial charge is 0.394 e. The highest BCUT2D eigenvalue weighted by Gasteiger charge is 2.53. The van der Waals surface area contributed by atoms with Gasteiger partial charge in [0.05, 0.1) is 38.6 Å². The number of amides is 1. The molecular weight excluding hydrogens is 963 g/mol. The highest BCUT2D eigenvalue weighted by molar-refractivity contribution is 5.76. The van der Waals surface area contributed by atoms with Gasteiger partial charge in [-0.2, -0.15) is 0 Å². The van der Waals surface area contributed by atoms with Gasteiger partial charge < -0.3 is 89.9 Å². The molecule has 17 unspecified atom stereocenters. The van der Waals surface area contributed by atoms with Gasteiger partial charge in [0.25, 0.3) is 0 Å². The number of hydrogen-bond donors (Lipinski definition) is 12. The molecule has 12 N–H and O–H groups in total. The van der Waals surface area contributed by atoms with Crippen LogP contribution in [0.25, 0.3) is 0 Å². The first-order valence-corrected chi connectivity index (χ1v) is 28.9.